The van der Waals surface area contributed by atoms with E-state index in [1.165, 1.54) is 6.07 Å². The second-order valence-corrected chi connectivity index (χ2v) is 3.01. The number of aromatic nitrogens is 1. The molecule has 0 amide bonds. The number of hydrogen-bond donors (Lipinski definition) is 0. The number of fused-ring (bicyclic) bond motifs is 1. The highest BCUT2D eigenvalue weighted by molar-refractivity contribution is 5.72. The van der Waals surface area contributed by atoms with Crippen molar-refractivity contribution in [1.82, 2.24) is 4.98 Å². The number of oxazole rings is 1. The van der Waals surface area contributed by atoms with E-state index in [0.717, 1.165) is 12.1 Å². The van der Waals surface area contributed by atoms with Crippen LogP contribution in [0.15, 0.2) is 22.6 Å². The normalized spacial score (nSPS) is 12.3. The van der Waals surface area contributed by atoms with E-state index in [-0.39, 0.29) is 11.1 Å². The zero-order valence-electron chi connectivity index (χ0n) is 7.31. The fraction of sp³-hybridized carbons (Fsp3) is 0.222. The molecule has 0 fully saturated rings. The van der Waals surface area contributed by atoms with Gasteiger partial charge < -0.3 is 4.42 Å². The van der Waals surface area contributed by atoms with Crippen molar-refractivity contribution in [2.24, 2.45) is 0 Å². The van der Waals surface area contributed by atoms with Gasteiger partial charge in [-0.3, -0.25) is 0 Å². The van der Waals surface area contributed by atoms with Crippen LogP contribution in [0.4, 0.5) is 17.6 Å². The summed E-state index contributed by atoms with van der Waals surface area (Å²) in [4.78, 5) is 3.53. The quantitative estimate of drug-likeness (QED) is 0.689. The molecule has 0 saturated heterocycles. The molecule has 0 unspecified atom stereocenters. The Hall–Kier alpha value is -1.59. The summed E-state index contributed by atoms with van der Waals surface area (Å²) in [7, 11) is 0. The first-order valence-electron chi connectivity index (χ1n) is 4.06. The molecule has 0 N–H and O–H groups in total. The molecule has 0 atom stereocenters. The van der Waals surface area contributed by atoms with Gasteiger partial charge in [0.15, 0.2) is 5.58 Å². The molecule has 80 valence electrons. The molecule has 0 radical (unpaired) electrons. The van der Waals surface area contributed by atoms with Crippen molar-refractivity contribution in [3.8, 4) is 0 Å². The van der Waals surface area contributed by atoms with Crippen LogP contribution in [-0.2, 0) is 6.42 Å². The molecule has 1 aromatic carbocycles. The summed E-state index contributed by atoms with van der Waals surface area (Å²) in [6, 6.07) is 3.38. The fourth-order valence-electron chi connectivity index (χ4n) is 1.20. The van der Waals surface area contributed by atoms with Crippen LogP contribution in [0.5, 0.6) is 0 Å². The van der Waals surface area contributed by atoms with Crippen molar-refractivity contribution in [3.63, 3.8) is 0 Å². The van der Waals surface area contributed by atoms with Crippen molar-refractivity contribution in [1.29, 1.82) is 0 Å². The molecule has 2 nitrogen and oxygen atoms in total. The van der Waals surface area contributed by atoms with Crippen molar-refractivity contribution < 1.29 is 22.0 Å². The van der Waals surface area contributed by atoms with E-state index in [1.807, 2.05) is 0 Å². The van der Waals surface area contributed by atoms with E-state index in [9.17, 15) is 17.6 Å². The average molecular weight is 219 g/mol. The van der Waals surface area contributed by atoms with Gasteiger partial charge in [0.2, 0.25) is 5.89 Å². The highest BCUT2D eigenvalue weighted by Crippen LogP contribution is 2.24. The lowest BCUT2D eigenvalue weighted by Crippen LogP contribution is -2.11. The Morgan fingerprint density at radius 3 is 2.67 bits per heavy atom. The van der Waals surface area contributed by atoms with Gasteiger partial charge in [-0.2, -0.15) is 13.2 Å². The maximum Gasteiger partial charge on any atom is 0.397 e. The second kappa shape index (κ2) is 3.22. The molecule has 15 heavy (non-hydrogen) atoms. The van der Waals surface area contributed by atoms with Gasteiger partial charge in [-0.05, 0) is 12.1 Å². The van der Waals surface area contributed by atoms with Gasteiger partial charge >= 0.3 is 6.18 Å². The first kappa shape index (κ1) is 9.95. The molecule has 0 aliphatic rings. The number of nitrogens with zero attached hydrogens (tertiary/aromatic N) is 1. The molecule has 0 aliphatic carbocycles. The predicted molar refractivity (Wildman–Crippen MR) is 43.7 cm³/mol. The maximum absolute atomic E-state index is 12.7. The van der Waals surface area contributed by atoms with Gasteiger partial charge in [-0.25, -0.2) is 9.37 Å². The van der Waals surface area contributed by atoms with E-state index in [1.54, 1.807) is 0 Å². The van der Waals surface area contributed by atoms with Crippen LogP contribution < -0.4 is 0 Å². The molecule has 2 aromatic rings. The topological polar surface area (TPSA) is 26.0 Å². The average Bonchev–Trinajstić information content (AvgIpc) is 2.42. The molecular weight excluding hydrogens is 214 g/mol. The van der Waals surface area contributed by atoms with E-state index in [0.29, 0.717) is 0 Å². The summed E-state index contributed by atoms with van der Waals surface area (Å²) >= 11 is 0. The van der Waals surface area contributed by atoms with Crippen LogP contribution in [0.1, 0.15) is 5.89 Å². The Morgan fingerprint density at radius 1 is 1.27 bits per heavy atom. The van der Waals surface area contributed by atoms with Crippen molar-refractivity contribution in [2.75, 3.05) is 0 Å². The lowest BCUT2D eigenvalue weighted by molar-refractivity contribution is -0.130. The summed E-state index contributed by atoms with van der Waals surface area (Å²) in [5.41, 5.74) is 0.241. The van der Waals surface area contributed by atoms with Crippen LogP contribution in [0, 0.1) is 5.82 Å². The Kier molecular flexibility index (Phi) is 2.13. The Labute approximate surface area is 81.5 Å². The largest absolute Gasteiger partial charge is 0.440 e. The number of alkyl halides is 3. The van der Waals surface area contributed by atoms with Gasteiger partial charge in [-0.15, -0.1) is 0 Å². The summed E-state index contributed by atoms with van der Waals surface area (Å²) in [6.07, 6.45) is -5.62. The molecule has 6 heteroatoms. The first-order valence-corrected chi connectivity index (χ1v) is 4.06. The third kappa shape index (κ3) is 2.26. The standard InChI is InChI=1S/C9H5F4NO/c10-5-1-2-7-6(3-5)14-8(15-7)4-9(11,12)13/h1-3H,4H2. The zero-order chi connectivity index (χ0) is 11.1. The molecule has 1 aromatic heterocycles. The summed E-state index contributed by atoms with van der Waals surface area (Å²) in [5.74, 6) is -1.02. The monoisotopic (exact) mass is 219 g/mol. The van der Waals surface area contributed by atoms with E-state index in [4.69, 9.17) is 4.42 Å². The number of hydrogen-bond acceptors (Lipinski definition) is 2. The van der Waals surface area contributed by atoms with Crippen LogP contribution in [-0.4, -0.2) is 11.2 Å². The van der Waals surface area contributed by atoms with Gasteiger partial charge in [0, 0.05) is 6.07 Å². The highest BCUT2D eigenvalue weighted by atomic mass is 19.4. The minimum absolute atomic E-state index is 0.0919. The van der Waals surface area contributed by atoms with Crippen molar-refractivity contribution in [2.45, 2.75) is 12.6 Å². The summed E-state index contributed by atoms with van der Waals surface area (Å²) in [6.45, 7) is 0. The van der Waals surface area contributed by atoms with Gasteiger partial charge in [0.05, 0.1) is 0 Å². The fourth-order valence-corrected chi connectivity index (χ4v) is 1.20. The minimum atomic E-state index is -4.38. The molecule has 0 aliphatic heterocycles. The molecule has 0 saturated carbocycles. The lowest BCUT2D eigenvalue weighted by atomic mass is 10.3. The first-order chi connectivity index (χ1) is 6.94. The number of halogens is 4. The molecule has 0 bridgehead atoms. The zero-order valence-corrected chi connectivity index (χ0v) is 7.31. The van der Waals surface area contributed by atoms with E-state index in [2.05, 4.69) is 4.98 Å². The molecule has 0 spiro atoms. The SMILES string of the molecule is Fc1ccc2oc(CC(F)(F)F)nc2c1. The van der Waals surface area contributed by atoms with E-state index < -0.39 is 24.3 Å². The molecule has 1 heterocycles. The van der Waals surface area contributed by atoms with Gasteiger partial charge in [0.1, 0.15) is 17.8 Å². The Balaban J connectivity index is 2.39. The van der Waals surface area contributed by atoms with Gasteiger partial charge in [-0.1, -0.05) is 0 Å². The van der Waals surface area contributed by atoms with Gasteiger partial charge in [0.25, 0.3) is 0 Å². The smallest absolute Gasteiger partial charge is 0.397 e. The van der Waals surface area contributed by atoms with Crippen LogP contribution in [0.25, 0.3) is 11.1 Å². The predicted octanol–water partition coefficient (Wildman–Crippen LogP) is 3.07. The molecular formula is C9H5F4NO. The second-order valence-electron chi connectivity index (χ2n) is 3.01. The maximum atomic E-state index is 12.7. The Morgan fingerprint density at radius 2 is 2.00 bits per heavy atom. The van der Waals surface area contributed by atoms with E-state index >= 15 is 0 Å². The lowest BCUT2D eigenvalue weighted by Gasteiger charge is -2.00. The van der Waals surface area contributed by atoms with Crippen LogP contribution in [0.3, 0.4) is 0 Å². The van der Waals surface area contributed by atoms with Crippen molar-refractivity contribution >= 4 is 11.1 Å². The highest BCUT2D eigenvalue weighted by Gasteiger charge is 2.30. The van der Waals surface area contributed by atoms with Crippen LogP contribution in [0.2, 0.25) is 0 Å². The van der Waals surface area contributed by atoms with Crippen molar-refractivity contribution in [3.05, 3.63) is 29.9 Å². The summed E-state index contributed by atoms with van der Waals surface area (Å²) < 4.78 is 53.4. The number of rotatable bonds is 1. The summed E-state index contributed by atoms with van der Waals surface area (Å²) in [5, 5.41) is 0. The minimum Gasteiger partial charge on any atom is -0.440 e. The van der Waals surface area contributed by atoms with Crippen LogP contribution >= 0.6 is 0 Å². The Bertz CT molecular complexity index is 488. The molecule has 2 rings (SSSR count). The number of benzene rings is 1. The third-order valence-electron chi connectivity index (χ3n) is 1.75. The third-order valence-corrected chi connectivity index (χ3v) is 1.75.